The van der Waals surface area contributed by atoms with E-state index in [4.69, 9.17) is 4.74 Å². The molecule has 88 valence electrons. The first kappa shape index (κ1) is 11.9. The zero-order valence-electron chi connectivity index (χ0n) is 10.2. The first-order valence-electron chi connectivity index (χ1n) is 5.65. The molecule has 2 rings (SSSR count). The third kappa shape index (κ3) is 2.58. The molecule has 3 nitrogen and oxygen atoms in total. The Labute approximate surface area is 102 Å². The van der Waals surface area contributed by atoms with Gasteiger partial charge >= 0.3 is 6.92 Å². The van der Waals surface area contributed by atoms with Crippen LogP contribution in [-0.4, -0.2) is 30.0 Å². The highest BCUT2D eigenvalue weighted by molar-refractivity contribution is 6.70. The van der Waals surface area contributed by atoms with Crippen molar-refractivity contribution < 1.29 is 9.76 Å². The number of aliphatic imine (C=N–C) groups is 1. The van der Waals surface area contributed by atoms with Gasteiger partial charge in [0.1, 0.15) is 6.61 Å². The van der Waals surface area contributed by atoms with Crippen molar-refractivity contribution in [1.82, 2.24) is 0 Å². The van der Waals surface area contributed by atoms with Crippen LogP contribution in [0.4, 0.5) is 0 Å². The predicted molar refractivity (Wildman–Crippen MR) is 70.8 cm³/mol. The van der Waals surface area contributed by atoms with Gasteiger partial charge < -0.3 is 9.76 Å². The lowest BCUT2D eigenvalue weighted by molar-refractivity contribution is 0.279. The van der Waals surface area contributed by atoms with Crippen LogP contribution in [0.3, 0.4) is 0 Å². The van der Waals surface area contributed by atoms with Crippen LogP contribution < -0.4 is 5.46 Å². The lowest BCUT2D eigenvalue weighted by atomic mass is 9.62. The monoisotopic (exact) mass is 229 g/mol. The highest BCUT2D eigenvalue weighted by Gasteiger charge is 2.26. The van der Waals surface area contributed by atoms with Crippen LogP contribution in [0.2, 0.25) is 0 Å². The zero-order valence-corrected chi connectivity index (χ0v) is 10.2. The molecule has 1 aliphatic heterocycles. The summed E-state index contributed by atoms with van der Waals surface area (Å²) in [5, 5.41) is 9.59. The lowest BCUT2D eigenvalue weighted by Crippen LogP contribution is -2.27. The van der Waals surface area contributed by atoms with Gasteiger partial charge in [0.05, 0.1) is 5.54 Å². The minimum atomic E-state index is -0.619. The molecule has 1 aromatic carbocycles. The van der Waals surface area contributed by atoms with Crippen molar-refractivity contribution in [2.24, 2.45) is 4.99 Å². The van der Waals surface area contributed by atoms with Crippen molar-refractivity contribution in [1.29, 1.82) is 0 Å². The molecule has 0 amide bonds. The minimum Gasteiger partial charge on any atom is -0.475 e. The van der Waals surface area contributed by atoms with Gasteiger partial charge in [0.25, 0.3) is 0 Å². The molecule has 0 radical (unpaired) electrons. The van der Waals surface area contributed by atoms with E-state index in [0.717, 1.165) is 11.0 Å². The van der Waals surface area contributed by atoms with Crippen LogP contribution in [0.1, 0.15) is 19.4 Å². The molecule has 0 aliphatic carbocycles. The van der Waals surface area contributed by atoms with E-state index in [1.165, 1.54) is 5.98 Å². The number of rotatable bonds is 3. The first-order valence-corrected chi connectivity index (χ1v) is 5.65. The molecular formula is C13H16BNO2. The van der Waals surface area contributed by atoms with Crippen molar-refractivity contribution in [3.8, 4) is 0 Å². The van der Waals surface area contributed by atoms with Gasteiger partial charge in [-0.3, -0.25) is 0 Å². The molecule has 4 heteroatoms. The Balaban J connectivity index is 2.22. The summed E-state index contributed by atoms with van der Waals surface area (Å²) in [7, 11) is 0. The average Bonchev–Trinajstić information content (AvgIpc) is 2.69. The second-order valence-electron chi connectivity index (χ2n) is 4.82. The van der Waals surface area contributed by atoms with Gasteiger partial charge in [-0.2, -0.15) is 0 Å². The number of nitrogens with zero attached hydrogens (tertiary/aromatic N) is 1. The Morgan fingerprint density at radius 3 is 2.53 bits per heavy atom. The molecule has 0 unspecified atom stereocenters. The van der Waals surface area contributed by atoms with Crippen LogP contribution in [0, 0.1) is 0 Å². The maximum Gasteiger partial charge on any atom is 0.350 e. The lowest BCUT2D eigenvalue weighted by Gasteiger charge is -2.07. The summed E-state index contributed by atoms with van der Waals surface area (Å²) in [5.41, 5.74) is 1.62. The fourth-order valence-electron chi connectivity index (χ4n) is 1.69. The summed E-state index contributed by atoms with van der Waals surface area (Å²) in [5.74, 6) is 2.18. The van der Waals surface area contributed by atoms with Crippen LogP contribution in [0.5, 0.6) is 0 Å². The van der Waals surface area contributed by atoms with E-state index in [-0.39, 0.29) is 5.54 Å². The molecule has 0 saturated heterocycles. The minimum absolute atomic E-state index is 0.144. The van der Waals surface area contributed by atoms with E-state index in [0.29, 0.717) is 12.5 Å². The molecule has 0 fully saturated rings. The topological polar surface area (TPSA) is 41.8 Å². The SMILES string of the molecule is C=CB(O)c1ccc(C2=NC(C)(C)CO2)cc1. The predicted octanol–water partition coefficient (Wildman–Crippen LogP) is 1.16. The third-order valence-electron chi connectivity index (χ3n) is 2.69. The number of hydrogen-bond acceptors (Lipinski definition) is 3. The van der Waals surface area contributed by atoms with E-state index in [1.54, 1.807) is 0 Å². The molecule has 0 aromatic heterocycles. The van der Waals surface area contributed by atoms with Crippen molar-refractivity contribution in [3.63, 3.8) is 0 Å². The largest absolute Gasteiger partial charge is 0.475 e. The van der Waals surface area contributed by atoms with Gasteiger partial charge in [0.15, 0.2) is 0 Å². The normalized spacial score (nSPS) is 17.2. The second kappa shape index (κ2) is 4.38. The summed E-state index contributed by atoms with van der Waals surface area (Å²) < 4.78 is 5.55. The van der Waals surface area contributed by atoms with Gasteiger partial charge in [-0.05, 0) is 31.4 Å². The van der Waals surface area contributed by atoms with Crippen molar-refractivity contribution >= 4 is 18.3 Å². The van der Waals surface area contributed by atoms with Gasteiger partial charge in [0, 0.05) is 5.56 Å². The molecule has 17 heavy (non-hydrogen) atoms. The molecule has 0 atom stereocenters. The highest BCUT2D eigenvalue weighted by atomic mass is 16.5. The molecule has 1 heterocycles. The molecule has 0 spiro atoms. The first-order chi connectivity index (χ1) is 8.02. The fraction of sp³-hybridized carbons (Fsp3) is 0.308. The Hall–Kier alpha value is -1.55. The maximum atomic E-state index is 9.59. The molecule has 1 aliphatic rings. The quantitative estimate of drug-likeness (QED) is 0.790. The summed E-state index contributed by atoms with van der Waals surface area (Å²) in [4.78, 5) is 4.50. The van der Waals surface area contributed by atoms with E-state index >= 15 is 0 Å². The average molecular weight is 229 g/mol. The number of hydrogen-bond donors (Lipinski definition) is 1. The van der Waals surface area contributed by atoms with Crippen LogP contribution in [0.15, 0.2) is 41.8 Å². The van der Waals surface area contributed by atoms with E-state index in [1.807, 2.05) is 38.1 Å². The standard InChI is InChI=1S/C13H16BNO2/c1-4-14(16)11-7-5-10(6-8-11)12-15-13(2,3)9-17-12/h4-8,16H,1,9H2,2-3H3. The summed E-state index contributed by atoms with van der Waals surface area (Å²) in [6.07, 6.45) is 0. The number of ether oxygens (including phenoxy) is 1. The molecular weight excluding hydrogens is 213 g/mol. The summed E-state index contributed by atoms with van der Waals surface area (Å²) in [6, 6.07) is 7.53. The molecule has 1 N–H and O–H groups in total. The van der Waals surface area contributed by atoms with Crippen LogP contribution in [0.25, 0.3) is 0 Å². The molecule has 0 bridgehead atoms. The van der Waals surface area contributed by atoms with E-state index in [9.17, 15) is 5.02 Å². The fourth-order valence-corrected chi connectivity index (χ4v) is 1.69. The third-order valence-corrected chi connectivity index (χ3v) is 2.69. The van der Waals surface area contributed by atoms with Crippen molar-refractivity contribution in [2.45, 2.75) is 19.4 Å². The van der Waals surface area contributed by atoms with Gasteiger partial charge in [0.2, 0.25) is 5.90 Å². The summed E-state index contributed by atoms with van der Waals surface area (Å²) in [6.45, 7) is 7.62. The number of benzene rings is 1. The Morgan fingerprint density at radius 1 is 1.41 bits per heavy atom. The highest BCUT2D eigenvalue weighted by Crippen LogP contribution is 2.20. The van der Waals surface area contributed by atoms with Crippen LogP contribution >= 0.6 is 0 Å². The summed E-state index contributed by atoms with van der Waals surface area (Å²) >= 11 is 0. The van der Waals surface area contributed by atoms with Gasteiger partial charge in [-0.15, -0.1) is 6.58 Å². The zero-order chi connectivity index (χ0) is 12.5. The van der Waals surface area contributed by atoms with Gasteiger partial charge in [-0.25, -0.2) is 4.99 Å². The van der Waals surface area contributed by atoms with Crippen LogP contribution in [-0.2, 0) is 4.74 Å². The molecule has 0 saturated carbocycles. The second-order valence-corrected chi connectivity index (χ2v) is 4.82. The smallest absolute Gasteiger partial charge is 0.350 e. The van der Waals surface area contributed by atoms with E-state index < -0.39 is 6.92 Å². The molecule has 1 aromatic rings. The van der Waals surface area contributed by atoms with Crippen molar-refractivity contribution in [2.75, 3.05) is 6.61 Å². The van der Waals surface area contributed by atoms with Gasteiger partial charge in [-0.1, -0.05) is 18.1 Å². The Bertz CT molecular complexity index is 451. The van der Waals surface area contributed by atoms with E-state index in [2.05, 4.69) is 11.6 Å². The Morgan fingerprint density at radius 2 is 2.06 bits per heavy atom. The maximum absolute atomic E-state index is 9.59. The Kier molecular flexibility index (Phi) is 3.07. The van der Waals surface area contributed by atoms with Crippen molar-refractivity contribution in [3.05, 3.63) is 42.4 Å².